The first-order valence-electron chi connectivity index (χ1n) is 8.96. The zero-order valence-electron chi connectivity index (χ0n) is 15.7. The molecule has 0 amide bonds. The van der Waals surface area contributed by atoms with Crippen LogP contribution in [0.2, 0.25) is 0 Å². The molecule has 1 aliphatic rings. The quantitative estimate of drug-likeness (QED) is 0.530. The Morgan fingerprint density at radius 3 is 2.64 bits per heavy atom. The largest absolute Gasteiger partial charge is 0.485 e. The van der Waals surface area contributed by atoms with E-state index in [1.54, 1.807) is 0 Å². The molecule has 1 aromatic heterocycles. The average molecular weight is 461 g/mol. The maximum atomic E-state index is 6.09. The van der Waals surface area contributed by atoms with Crippen molar-refractivity contribution in [3.63, 3.8) is 0 Å². The molecule has 4 rings (SSSR count). The number of rotatable bonds is 5. The normalized spacial score (nSPS) is 15.8. The minimum Gasteiger partial charge on any atom is -0.485 e. The third-order valence-corrected chi connectivity index (χ3v) is 5.63. The van der Waals surface area contributed by atoms with E-state index in [0.717, 1.165) is 28.3 Å². The lowest BCUT2D eigenvalue weighted by Crippen LogP contribution is -2.25. The molecule has 2 heterocycles. The molecular formula is C20H21BrN4O2S. The summed E-state index contributed by atoms with van der Waals surface area (Å²) in [6.45, 7) is 1.80. The van der Waals surface area contributed by atoms with E-state index in [-0.39, 0.29) is 6.10 Å². The van der Waals surface area contributed by atoms with Gasteiger partial charge in [-0.15, -0.1) is 0 Å². The zero-order chi connectivity index (χ0) is 19.7. The molecule has 0 saturated carbocycles. The Morgan fingerprint density at radius 1 is 1.18 bits per heavy atom. The average Bonchev–Trinajstić information content (AvgIpc) is 2.98. The first kappa shape index (κ1) is 19.2. The molecule has 0 bridgehead atoms. The molecule has 1 unspecified atom stereocenters. The van der Waals surface area contributed by atoms with Crippen molar-refractivity contribution in [1.29, 1.82) is 0 Å². The van der Waals surface area contributed by atoms with E-state index in [2.05, 4.69) is 40.0 Å². The van der Waals surface area contributed by atoms with Crippen molar-refractivity contribution in [2.24, 2.45) is 7.05 Å². The van der Waals surface area contributed by atoms with Gasteiger partial charge in [0.05, 0.1) is 6.67 Å². The van der Waals surface area contributed by atoms with Crippen LogP contribution in [-0.2, 0) is 20.3 Å². The Bertz CT molecular complexity index is 1030. The SMILES string of the molecule is CN(Cc1ccc(Br)cc1)Cn1nc(C2COc3ccccc3O2)n(C)c1=S. The van der Waals surface area contributed by atoms with Crippen molar-refractivity contribution in [1.82, 2.24) is 19.2 Å². The second-order valence-electron chi connectivity index (χ2n) is 6.85. The van der Waals surface area contributed by atoms with Crippen LogP contribution >= 0.6 is 28.1 Å². The van der Waals surface area contributed by atoms with Gasteiger partial charge in [0.1, 0.15) is 6.61 Å². The zero-order valence-corrected chi connectivity index (χ0v) is 18.1. The maximum absolute atomic E-state index is 6.09. The molecule has 0 aliphatic carbocycles. The van der Waals surface area contributed by atoms with Crippen LogP contribution in [0, 0.1) is 4.77 Å². The monoisotopic (exact) mass is 460 g/mol. The van der Waals surface area contributed by atoms with Crippen LogP contribution in [0.15, 0.2) is 53.0 Å². The summed E-state index contributed by atoms with van der Waals surface area (Å²) >= 11 is 9.06. The van der Waals surface area contributed by atoms with Gasteiger partial charge in [0.2, 0.25) is 0 Å². The summed E-state index contributed by atoms with van der Waals surface area (Å²) in [6, 6.07) is 16.0. The van der Waals surface area contributed by atoms with Crippen LogP contribution in [0.25, 0.3) is 0 Å². The number of nitrogens with zero attached hydrogens (tertiary/aromatic N) is 4. The van der Waals surface area contributed by atoms with Gasteiger partial charge in [-0.25, -0.2) is 4.68 Å². The van der Waals surface area contributed by atoms with E-state index in [1.165, 1.54) is 5.56 Å². The highest BCUT2D eigenvalue weighted by molar-refractivity contribution is 9.10. The first-order valence-corrected chi connectivity index (χ1v) is 10.2. The Morgan fingerprint density at radius 2 is 1.89 bits per heavy atom. The number of fused-ring (bicyclic) bond motifs is 1. The number of para-hydroxylation sites is 2. The molecule has 0 fully saturated rings. The number of halogens is 1. The summed E-state index contributed by atoms with van der Waals surface area (Å²) in [5, 5.41) is 4.72. The molecule has 1 atom stereocenters. The lowest BCUT2D eigenvalue weighted by atomic mass is 10.2. The third kappa shape index (κ3) is 3.99. The van der Waals surface area contributed by atoms with E-state index >= 15 is 0 Å². The fraction of sp³-hybridized carbons (Fsp3) is 0.300. The Labute approximate surface area is 177 Å². The summed E-state index contributed by atoms with van der Waals surface area (Å²) < 4.78 is 17.4. The minimum absolute atomic E-state index is 0.292. The molecule has 6 nitrogen and oxygen atoms in total. The maximum Gasteiger partial charge on any atom is 0.198 e. The molecule has 0 saturated heterocycles. The van der Waals surface area contributed by atoms with Gasteiger partial charge in [-0.05, 0) is 49.1 Å². The molecule has 146 valence electrons. The summed E-state index contributed by atoms with van der Waals surface area (Å²) in [5.41, 5.74) is 1.23. The lowest BCUT2D eigenvalue weighted by Gasteiger charge is -2.25. The van der Waals surface area contributed by atoms with Crippen LogP contribution in [0.1, 0.15) is 17.5 Å². The van der Waals surface area contributed by atoms with E-state index in [4.69, 9.17) is 26.8 Å². The van der Waals surface area contributed by atoms with Gasteiger partial charge in [-0.2, -0.15) is 5.10 Å². The van der Waals surface area contributed by atoms with Gasteiger partial charge in [0, 0.05) is 18.1 Å². The molecule has 0 radical (unpaired) electrons. The van der Waals surface area contributed by atoms with Gasteiger partial charge >= 0.3 is 0 Å². The van der Waals surface area contributed by atoms with Crippen molar-refractivity contribution < 1.29 is 9.47 Å². The second-order valence-corrected chi connectivity index (χ2v) is 8.13. The predicted molar refractivity (Wildman–Crippen MR) is 113 cm³/mol. The Balaban J connectivity index is 1.49. The summed E-state index contributed by atoms with van der Waals surface area (Å²) in [4.78, 5) is 2.17. The third-order valence-electron chi connectivity index (χ3n) is 4.61. The number of aromatic nitrogens is 3. The van der Waals surface area contributed by atoms with Crippen LogP contribution in [0.3, 0.4) is 0 Å². The standard InChI is InChI=1S/C20H21BrN4O2S/c1-23(11-14-7-9-15(21)10-8-14)13-25-20(28)24(2)19(22-25)18-12-26-16-5-3-4-6-17(16)27-18/h3-10,18H,11-13H2,1-2H3. The number of ether oxygens (including phenoxy) is 2. The molecule has 0 spiro atoms. The number of hydrogen-bond donors (Lipinski definition) is 0. The van der Waals surface area contributed by atoms with E-state index in [1.807, 2.05) is 52.7 Å². The summed E-state index contributed by atoms with van der Waals surface area (Å²) in [7, 11) is 3.97. The molecule has 28 heavy (non-hydrogen) atoms. The van der Waals surface area contributed by atoms with Crippen molar-refractivity contribution >= 4 is 28.1 Å². The smallest absolute Gasteiger partial charge is 0.198 e. The van der Waals surface area contributed by atoms with Crippen LogP contribution < -0.4 is 9.47 Å². The fourth-order valence-electron chi connectivity index (χ4n) is 3.20. The molecule has 2 aromatic carbocycles. The van der Waals surface area contributed by atoms with Gasteiger partial charge in [-0.3, -0.25) is 4.90 Å². The molecule has 1 aliphatic heterocycles. The van der Waals surface area contributed by atoms with Crippen LogP contribution in [0.4, 0.5) is 0 Å². The number of benzene rings is 2. The predicted octanol–water partition coefficient (Wildman–Crippen LogP) is 4.32. The highest BCUT2D eigenvalue weighted by Gasteiger charge is 2.27. The highest BCUT2D eigenvalue weighted by Crippen LogP contribution is 2.35. The van der Waals surface area contributed by atoms with Gasteiger partial charge in [0.15, 0.2) is 28.2 Å². The molecule has 8 heteroatoms. The lowest BCUT2D eigenvalue weighted by molar-refractivity contribution is 0.0821. The minimum atomic E-state index is -0.292. The van der Waals surface area contributed by atoms with Crippen molar-refractivity contribution in [3.05, 3.63) is 69.2 Å². The molecule has 3 aromatic rings. The fourth-order valence-corrected chi connectivity index (χ4v) is 3.66. The topological polar surface area (TPSA) is 44.5 Å². The number of hydrogen-bond acceptors (Lipinski definition) is 5. The Hall–Kier alpha value is -2.16. The van der Waals surface area contributed by atoms with Crippen molar-refractivity contribution in [2.45, 2.75) is 19.3 Å². The summed E-state index contributed by atoms with van der Waals surface area (Å²) in [6.07, 6.45) is -0.292. The highest BCUT2D eigenvalue weighted by atomic mass is 79.9. The van der Waals surface area contributed by atoms with Crippen molar-refractivity contribution in [3.8, 4) is 11.5 Å². The Kier molecular flexibility index (Phi) is 5.52. The van der Waals surface area contributed by atoms with Gasteiger partial charge in [0.25, 0.3) is 0 Å². The molecule has 0 N–H and O–H groups in total. The van der Waals surface area contributed by atoms with Gasteiger partial charge < -0.3 is 14.0 Å². The van der Waals surface area contributed by atoms with E-state index in [9.17, 15) is 0 Å². The van der Waals surface area contributed by atoms with Gasteiger partial charge in [-0.1, -0.05) is 40.2 Å². The van der Waals surface area contributed by atoms with E-state index < -0.39 is 0 Å². The van der Waals surface area contributed by atoms with Crippen LogP contribution in [0.5, 0.6) is 11.5 Å². The summed E-state index contributed by atoms with van der Waals surface area (Å²) in [5.74, 6) is 2.25. The molecular weight excluding hydrogens is 440 g/mol. The van der Waals surface area contributed by atoms with Crippen LogP contribution in [-0.4, -0.2) is 32.9 Å². The first-order chi connectivity index (χ1) is 13.5. The van der Waals surface area contributed by atoms with Crippen molar-refractivity contribution in [2.75, 3.05) is 13.7 Å². The van der Waals surface area contributed by atoms with E-state index in [0.29, 0.717) is 18.0 Å². The second kappa shape index (κ2) is 8.06.